The second-order valence-corrected chi connectivity index (χ2v) is 7.46. The number of fused-ring (bicyclic) bond motifs is 1. The van der Waals surface area contributed by atoms with Crippen molar-refractivity contribution < 1.29 is 13.9 Å². The van der Waals surface area contributed by atoms with Crippen molar-refractivity contribution in [2.75, 3.05) is 18.6 Å². The number of rotatable bonds is 5. The van der Waals surface area contributed by atoms with Crippen molar-refractivity contribution >= 4 is 23.4 Å². The normalized spacial score (nSPS) is 14.8. The van der Waals surface area contributed by atoms with Crippen molar-refractivity contribution in [1.29, 1.82) is 0 Å². The number of aryl methyl sites for hydroxylation is 1. The van der Waals surface area contributed by atoms with E-state index in [1.807, 2.05) is 30.0 Å². The van der Waals surface area contributed by atoms with Crippen molar-refractivity contribution in [3.05, 3.63) is 59.4 Å². The highest BCUT2D eigenvalue weighted by Crippen LogP contribution is 2.31. The Kier molecular flexibility index (Phi) is 5.63. The van der Waals surface area contributed by atoms with Crippen LogP contribution < -0.4 is 9.64 Å². The van der Waals surface area contributed by atoms with Gasteiger partial charge in [0.15, 0.2) is 0 Å². The Morgan fingerprint density at radius 2 is 2.12 bits per heavy atom. The molecule has 5 heteroatoms. The Bertz CT molecular complexity index is 765. The molecule has 0 aromatic heterocycles. The Morgan fingerprint density at radius 3 is 2.92 bits per heavy atom. The number of methoxy groups -OCH3 is 1. The van der Waals surface area contributed by atoms with Gasteiger partial charge in [-0.3, -0.25) is 4.79 Å². The minimum atomic E-state index is -0.291. The number of halogens is 1. The van der Waals surface area contributed by atoms with Crippen LogP contribution in [0.2, 0.25) is 0 Å². The van der Waals surface area contributed by atoms with Crippen molar-refractivity contribution in [1.82, 2.24) is 0 Å². The summed E-state index contributed by atoms with van der Waals surface area (Å²) in [5.74, 6) is 0.994. The zero-order valence-electron chi connectivity index (χ0n) is 14.5. The van der Waals surface area contributed by atoms with Crippen molar-refractivity contribution in [2.24, 2.45) is 0 Å². The fourth-order valence-electron chi connectivity index (χ4n) is 3.13. The van der Waals surface area contributed by atoms with Gasteiger partial charge in [-0.05, 0) is 49.6 Å². The van der Waals surface area contributed by atoms with Crippen LogP contribution in [-0.2, 0) is 17.0 Å². The number of hydrogen-bond donors (Lipinski definition) is 0. The van der Waals surface area contributed by atoms with Crippen LogP contribution in [-0.4, -0.2) is 24.8 Å². The number of carbonyl (C=O) groups excluding carboxylic acids is 1. The highest BCUT2D eigenvalue weighted by molar-refractivity contribution is 7.99. The summed E-state index contributed by atoms with van der Waals surface area (Å²) >= 11 is 1.51. The Labute approximate surface area is 152 Å². The van der Waals surface area contributed by atoms with Gasteiger partial charge in [-0.2, -0.15) is 0 Å². The molecule has 1 amide bonds. The largest absolute Gasteiger partial charge is 0.496 e. The molecule has 0 N–H and O–H groups in total. The van der Waals surface area contributed by atoms with Crippen LogP contribution in [0.3, 0.4) is 0 Å². The standard InChI is InChI=1S/C20H22FNO2S/c1-14(25-13-16-12-17(21)9-10-19(16)24-2)20(23)22-11-5-7-15-6-3-4-8-18(15)22/h3-4,6,8-10,12,14H,5,7,11,13H2,1-2H3. The second-order valence-electron chi connectivity index (χ2n) is 6.13. The summed E-state index contributed by atoms with van der Waals surface area (Å²) in [5.41, 5.74) is 3.02. The van der Waals surface area contributed by atoms with Crippen molar-refractivity contribution in [3.63, 3.8) is 0 Å². The number of amides is 1. The minimum Gasteiger partial charge on any atom is -0.496 e. The molecule has 2 aromatic rings. The number of carbonyl (C=O) groups is 1. The first kappa shape index (κ1) is 17.8. The fraction of sp³-hybridized carbons (Fsp3) is 0.350. The molecule has 3 nitrogen and oxygen atoms in total. The molecular weight excluding hydrogens is 337 g/mol. The first-order valence-corrected chi connectivity index (χ1v) is 9.48. The van der Waals surface area contributed by atoms with Crippen LogP contribution >= 0.6 is 11.8 Å². The predicted octanol–water partition coefficient (Wildman–Crippen LogP) is 4.44. The van der Waals surface area contributed by atoms with E-state index >= 15 is 0 Å². The zero-order chi connectivity index (χ0) is 17.8. The number of nitrogens with zero attached hydrogens (tertiary/aromatic N) is 1. The maximum Gasteiger partial charge on any atom is 0.239 e. The van der Waals surface area contributed by atoms with Gasteiger partial charge >= 0.3 is 0 Å². The van der Waals surface area contributed by atoms with Gasteiger partial charge in [-0.15, -0.1) is 11.8 Å². The van der Waals surface area contributed by atoms with E-state index in [4.69, 9.17) is 4.74 Å². The van der Waals surface area contributed by atoms with Crippen molar-refractivity contribution in [3.8, 4) is 5.75 Å². The maximum atomic E-state index is 13.5. The van der Waals surface area contributed by atoms with Crippen LogP contribution in [0.5, 0.6) is 5.75 Å². The highest BCUT2D eigenvalue weighted by atomic mass is 32.2. The van der Waals surface area contributed by atoms with Gasteiger partial charge in [0.05, 0.1) is 12.4 Å². The maximum absolute atomic E-state index is 13.5. The molecule has 1 heterocycles. The van der Waals surface area contributed by atoms with Crippen molar-refractivity contribution in [2.45, 2.75) is 30.8 Å². The summed E-state index contributed by atoms with van der Waals surface area (Å²) in [4.78, 5) is 14.8. The van der Waals surface area contributed by atoms with Gasteiger partial charge in [-0.1, -0.05) is 18.2 Å². The Balaban J connectivity index is 1.69. The molecular formula is C20H22FNO2S. The Morgan fingerprint density at radius 1 is 1.32 bits per heavy atom. The van der Waals surface area contributed by atoms with Gasteiger partial charge < -0.3 is 9.64 Å². The van der Waals surface area contributed by atoms with E-state index in [-0.39, 0.29) is 17.0 Å². The molecule has 0 aliphatic carbocycles. The monoisotopic (exact) mass is 359 g/mol. The van der Waals surface area contributed by atoms with Gasteiger partial charge in [0.25, 0.3) is 0 Å². The molecule has 1 unspecified atom stereocenters. The molecule has 1 atom stereocenters. The third-order valence-corrected chi connectivity index (χ3v) is 5.63. The molecule has 132 valence electrons. The van der Waals surface area contributed by atoms with E-state index in [1.165, 1.54) is 29.5 Å². The fourth-order valence-corrected chi connectivity index (χ4v) is 4.05. The van der Waals surface area contributed by atoms with Crippen LogP contribution in [0.15, 0.2) is 42.5 Å². The van der Waals surface area contributed by atoms with E-state index in [0.29, 0.717) is 11.5 Å². The lowest BCUT2D eigenvalue weighted by molar-refractivity contribution is -0.117. The zero-order valence-corrected chi connectivity index (χ0v) is 15.3. The molecule has 25 heavy (non-hydrogen) atoms. The molecule has 3 rings (SSSR count). The third-order valence-electron chi connectivity index (χ3n) is 4.46. The first-order chi connectivity index (χ1) is 12.1. The summed E-state index contributed by atoms with van der Waals surface area (Å²) in [7, 11) is 1.57. The second kappa shape index (κ2) is 7.91. The topological polar surface area (TPSA) is 29.5 Å². The van der Waals surface area contributed by atoms with E-state index in [0.717, 1.165) is 30.6 Å². The molecule has 0 spiro atoms. The summed E-state index contributed by atoms with van der Waals surface area (Å²) < 4.78 is 18.8. The SMILES string of the molecule is COc1ccc(F)cc1CSC(C)C(=O)N1CCCc2ccccc21. The number of benzene rings is 2. The van der Waals surface area contributed by atoms with Crippen LogP contribution in [0.25, 0.3) is 0 Å². The molecule has 0 bridgehead atoms. The summed E-state index contributed by atoms with van der Waals surface area (Å²) in [6.45, 7) is 2.67. The molecule has 2 aromatic carbocycles. The van der Waals surface area contributed by atoms with E-state index < -0.39 is 0 Å². The lowest BCUT2D eigenvalue weighted by atomic mass is 10.0. The smallest absolute Gasteiger partial charge is 0.239 e. The number of hydrogen-bond acceptors (Lipinski definition) is 3. The number of ether oxygens (including phenoxy) is 1. The van der Waals surface area contributed by atoms with E-state index in [9.17, 15) is 9.18 Å². The van der Waals surface area contributed by atoms with Gasteiger partial charge in [0, 0.05) is 23.5 Å². The first-order valence-electron chi connectivity index (χ1n) is 8.43. The Hall–Kier alpha value is -2.01. The summed E-state index contributed by atoms with van der Waals surface area (Å²) in [6, 6.07) is 12.6. The van der Waals surface area contributed by atoms with Gasteiger partial charge in [0.1, 0.15) is 11.6 Å². The number of thioether (sulfide) groups is 1. The highest BCUT2D eigenvalue weighted by Gasteiger charge is 2.26. The quantitative estimate of drug-likeness (QED) is 0.791. The molecule has 0 radical (unpaired) electrons. The number of para-hydroxylation sites is 1. The summed E-state index contributed by atoms with van der Waals surface area (Å²) in [5, 5.41) is -0.209. The van der Waals surface area contributed by atoms with Crippen LogP contribution in [0.4, 0.5) is 10.1 Å². The molecule has 1 aliphatic heterocycles. The lowest BCUT2D eigenvalue weighted by Crippen LogP contribution is -2.40. The van der Waals surface area contributed by atoms with Gasteiger partial charge in [0.2, 0.25) is 5.91 Å². The van der Waals surface area contributed by atoms with Crippen LogP contribution in [0.1, 0.15) is 24.5 Å². The predicted molar refractivity (Wildman–Crippen MR) is 101 cm³/mol. The summed E-state index contributed by atoms with van der Waals surface area (Å²) in [6.07, 6.45) is 2.00. The minimum absolute atomic E-state index is 0.104. The molecule has 0 fully saturated rings. The van der Waals surface area contributed by atoms with Gasteiger partial charge in [-0.25, -0.2) is 4.39 Å². The average Bonchev–Trinajstić information content (AvgIpc) is 2.65. The number of anilines is 1. The molecule has 1 aliphatic rings. The molecule has 0 saturated carbocycles. The average molecular weight is 359 g/mol. The van der Waals surface area contributed by atoms with E-state index in [2.05, 4.69) is 6.07 Å². The third kappa shape index (κ3) is 3.98. The van der Waals surface area contributed by atoms with E-state index in [1.54, 1.807) is 13.2 Å². The van der Waals surface area contributed by atoms with Crippen LogP contribution in [0, 0.1) is 5.82 Å². The lowest BCUT2D eigenvalue weighted by Gasteiger charge is -2.31. The molecule has 0 saturated heterocycles.